The highest BCUT2D eigenvalue weighted by Crippen LogP contribution is 2.54. The van der Waals surface area contributed by atoms with E-state index in [4.69, 9.17) is 9.47 Å². The largest absolute Gasteiger partial charge is 0.381 e. The third-order valence-corrected chi connectivity index (χ3v) is 10.0. The lowest BCUT2D eigenvalue weighted by atomic mass is 9.59. The summed E-state index contributed by atoms with van der Waals surface area (Å²) in [6, 6.07) is 19.3. The second-order valence-corrected chi connectivity index (χ2v) is 13.5. The Hall–Kier alpha value is -3.39. The predicted octanol–water partition coefficient (Wildman–Crippen LogP) is 7.27. The Balaban J connectivity index is 0.00000182. The molecule has 3 aliphatic heterocycles. The maximum absolute atomic E-state index is 13.2. The molecule has 3 saturated heterocycles. The quantitative estimate of drug-likeness (QED) is 0.285. The highest BCUT2D eigenvalue weighted by atomic mass is 16.5. The molecule has 1 amide bonds. The highest BCUT2D eigenvalue weighted by molar-refractivity contribution is 5.92. The summed E-state index contributed by atoms with van der Waals surface area (Å²) >= 11 is 0. The second-order valence-electron chi connectivity index (χ2n) is 13.5. The molecule has 4 fully saturated rings. The Labute approximate surface area is 274 Å². The molecule has 7 heteroatoms. The molecule has 7 rings (SSSR count). The molecule has 0 radical (unpaired) electrons. The van der Waals surface area contributed by atoms with E-state index in [0.29, 0.717) is 17.2 Å². The number of nitrogens with one attached hydrogen (secondary N) is 1. The van der Waals surface area contributed by atoms with Gasteiger partial charge in [0.2, 0.25) is 0 Å². The number of aromatic nitrogens is 2. The summed E-state index contributed by atoms with van der Waals surface area (Å²) in [5.74, 6) is 0.817. The van der Waals surface area contributed by atoms with Crippen molar-refractivity contribution >= 4 is 11.5 Å². The van der Waals surface area contributed by atoms with Crippen molar-refractivity contribution in [1.29, 1.82) is 0 Å². The van der Waals surface area contributed by atoms with E-state index in [1.807, 2.05) is 20.8 Å². The number of benzene rings is 2. The molecule has 0 bridgehead atoms. The van der Waals surface area contributed by atoms with E-state index in [-0.39, 0.29) is 17.9 Å². The summed E-state index contributed by atoms with van der Waals surface area (Å²) in [5, 5.41) is 3.15. The maximum Gasteiger partial charge on any atom is 0.270 e. The van der Waals surface area contributed by atoms with Gasteiger partial charge in [0.15, 0.2) is 0 Å². The van der Waals surface area contributed by atoms with E-state index in [1.165, 1.54) is 61.0 Å². The molecule has 4 heterocycles. The number of carbonyl (C=O) groups is 1. The van der Waals surface area contributed by atoms with Crippen LogP contribution in [0.25, 0.3) is 5.57 Å². The molecule has 1 saturated carbocycles. The van der Waals surface area contributed by atoms with Crippen LogP contribution in [0, 0.1) is 12.3 Å². The first-order valence-corrected chi connectivity index (χ1v) is 17.4. The summed E-state index contributed by atoms with van der Waals surface area (Å²) in [4.78, 5) is 24.8. The lowest BCUT2D eigenvalue weighted by Crippen LogP contribution is -2.61. The Kier molecular flexibility index (Phi) is 10.3. The highest BCUT2D eigenvalue weighted by Gasteiger charge is 2.51. The Morgan fingerprint density at radius 3 is 2.28 bits per heavy atom. The normalized spacial score (nSPS) is 21.5. The number of amides is 1. The van der Waals surface area contributed by atoms with Gasteiger partial charge in [-0.25, -0.2) is 9.97 Å². The summed E-state index contributed by atoms with van der Waals surface area (Å²) in [6.07, 6.45) is 8.67. The van der Waals surface area contributed by atoms with Crippen LogP contribution in [0.3, 0.4) is 0 Å². The number of hydrogen-bond donors (Lipinski definition) is 1. The fraction of sp³-hybridized carbons (Fsp3) is 0.513. The second kappa shape index (κ2) is 14.6. The number of carbonyl (C=O) groups excluding carboxylic acids is 1. The van der Waals surface area contributed by atoms with E-state index in [9.17, 15) is 4.79 Å². The molecule has 7 nitrogen and oxygen atoms in total. The minimum atomic E-state index is -0.173. The fourth-order valence-electron chi connectivity index (χ4n) is 7.60. The van der Waals surface area contributed by atoms with Gasteiger partial charge in [0, 0.05) is 57.0 Å². The molecule has 4 aliphatic rings. The number of ether oxygens (including phenoxy) is 2. The van der Waals surface area contributed by atoms with Gasteiger partial charge in [0.25, 0.3) is 5.91 Å². The van der Waals surface area contributed by atoms with Crippen molar-refractivity contribution in [3.05, 3.63) is 100 Å². The van der Waals surface area contributed by atoms with Crippen LogP contribution < -0.4 is 5.32 Å². The first-order chi connectivity index (χ1) is 22.4. The first kappa shape index (κ1) is 32.5. The van der Waals surface area contributed by atoms with Gasteiger partial charge >= 0.3 is 0 Å². The molecule has 3 aromatic rings. The molecule has 1 aliphatic carbocycles. The van der Waals surface area contributed by atoms with Crippen LogP contribution in [-0.4, -0.2) is 66.3 Å². The molecular weight excluding hydrogens is 572 g/mol. The summed E-state index contributed by atoms with van der Waals surface area (Å²) < 4.78 is 11.4. The molecular formula is C39H50N4O3. The number of aryl methyl sites for hydroxylation is 1. The summed E-state index contributed by atoms with van der Waals surface area (Å²) in [6.45, 7) is 14.0. The number of nitrogens with zero attached hydrogens (tertiary/aromatic N) is 3. The third kappa shape index (κ3) is 7.27. The molecule has 1 spiro atoms. The summed E-state index contributed by atoms with van der Waals surface area (Å²) in [5.41, 5.74) is 8.66. The number of likely N-dealkylation sites (tertiary alicyclic amines) is 1. The van der Waals surface area contributed by atoms with Crippen LogP contribution in [0.15, 0.2) is 66.4 Å². The molecule has 2 unspecified atom stereocenters. The van der Waals surface area contributed by atoms with Crippen LogP contribution in [0.1, 0.15) is 110 Å². The van der Waals surface area contributed by atoms with Crippen molar-refractivity contribution in [3.63, 3.8) is 0 Å². The van der Waals surface area contributed by atoms with Gasteiger partial charge in [-0.3, -0.25) is 9.69 Å². The Morgan fingerprint density at radius 2 is 1.63 bits per heavy atom. The monoisotopic (exact) mass is 622 g/mol. The molecule has 2 aromatic carbocycles. The van der Waals surface area contributed by atoms with Gasteiger partial charge in [-0.05, 0) is 80.7 Å². The number of allylic oxidation sites excluding steroid dienone is 1. The Bertz CT molecular complexity index is 1490. The van der Waals surface area contributed by atoms with Crippen LogP contribution in [0.2, 0.25) is 0 Å². The molecule has 46 heavy (non-hydrogen) atoms. The zero-order chi connectivity index (χ0) is 32.1. The van der Waals surface area contributed by atoms with E-state index < -0.39 is 0 Å². The van der Waals surface area contributed by atoms with Gasteiger partial charge in [-0.15, -0.1) is 0 Å². The zero-order valence-electron chi connectivity index (χ0n) is 28.1. The lowest BCUT2D eigenvalue weighted by molar-refractivity contribution is -0.0548. The number of hydrogen-bond acceptors (Lipinski definition) is 6. The van der Waals surface area contributed by atoms with Crippen molar-refractivity contribution < 1.29 is 14.3 Å². The fourth-order valence-corrected chi connectivity index (χ4v) is 7.60. The van der Waals surface area contributed by atoms with Gasteiger partial charge < -0.3 is 14.8 Å². The smallest absolute Gasteiger partial charge is 0.270 e. The van der Waals surface area contributed by atoms with Gasteiger partial charge in [-0.1, -0.05) is 73.5 Å². The third-order valence-electron chi connectivity index (χ3n) is 10.0. The topological polar surface area (TPSA) is 76.6 Å². The average Bonchev–Trinajstić information content (AvgIpc) is 3.58. The van der Waals surface area contributed by atoms with Crippen LogP contribution >= 0.6 is 0 Å². The van der Waals surface area contributed by atoms with E-state index >= 15 is 0 Å². The minimum absolute atomic E-state index is 0.148. The van der Waals surface area contributed by atoms with Crippen molar-refractivity contribution in [1.82, 2.24) is 20.2 Å². The number of rotatable bonds is 8. The Morgan fingerprint density at radius 1 is 0.957 bits per heavy atom. The van der Waals surface area contributed by atoms with Crippen LogP contribution in [-0.2, 0) is 9.47 Å². The molecule has 244 valence electrons. The predicted molar refractivity (Wildman–Crippen MR) is 183 cm³/mol. The van der Waals surface area contributed by atoms with Crippen molar-refractivity contribution in [2.45, 2.75) is 84.3 Å². The van der Waals surface area contributed by atoms with Gasteiger partial charge in [0.1, 0.15) is 11.5 Å². The summed E-state index contributed by atoms with van der Waals surface area (Å²) in [7, 11) is 0. The van der Waals surface area contributed by atoms with Crippen LogP contribution in [0.5, 0.6) is 0 Å². The van der Waals surface area contributed by atoms with Crippen molar-refractivity contribution in [2.75, 3.05) is 39.5 Å². The minimum Gasteiger partial charge on any atom is -0.381 e. The van der Waals surface area contributed by atoms with Crippen LogP contribution in [0.4, 0.5) is 0 Å². The lowest BCUT2D eigenvalue weighted by Gasteiger charge is -2.58. The SMILES string of the molecule is CC.Cc1ccc(C(=C2CC3(C2)CN(CC2CCCO2)C3)c2ccc(C(C)NC(=O)c3ccnc(C4CCOCC4)n3)cc2)cc1. The van der Waals surface area contributed by atoms with Crippen molar-refractivity contribution in [3.8, 4) is 0 Å². The van der Waals surface area contributed by atoms with E-state index in [1.54, 1.807) is 17.8 Å². The molecule has 1 aromatic heterocycles. The van der Waals surface area contributed by atoms with E-state index in [2.05, 4.69) is 75.6 Å². The van der Waals surface area contributed by atoms with Gasteiger partial charge in [-0.2, -0.15) is 0 Å². The van der Waals surface area contributed by atoms with Crippen molar-refractivity contribution in [2.24, 2.45) is 5.41 Å². The zero-order valence-corrected chi connectivity index (χ0v) is 28.1. The van der Waals surface area contributed by atoms with E-state index in [0.717, 1.165) is 50.6 Å². The molecule has 1 N–H and O–H groups in total. The average molecular weight is 623 g/mol. The maximum atomic E-state index is 13.2. The standard InChI is InChI=1S/C37H44N4O3.C2H6/c1-25-5-7-28(8-6-25)34(31-20-37(21-31)23-41(24-37)22-32-4-3-17-44-32)29-11-9-27(10-12-29)26(2)39-36(42)33-13-16-38-35(40-33)30-14-18-43-19-15-30;1-2/h5-13,16,26,30,32H,3-4,14-15,17-24H2,1-2H3,(H,39,42);1-2H3. The molecule has 2 atom stereocenters. The van der Waals surface area contributed by atoms with Gasteiger partial charge in [0.05, 0.1) is 12.1 Å². The first-order valence-electron chi connectivity index (χ1n) is 17.4.